The molecule has 0 aliphatic rings. The van der Waals surface area contributed by atoms with E-state index in [-0.39, 0.29) is 17.9 Å². The molecule has 1 aromatic carbocycles. The second kappa shape index (κ2) is 9.01. The van der Waals surface area contributed by atoms with Crippen LogP contribution in [0.4, 0.5) is 5.69 Å². The lowest BCUT2D eigenvalue weighted by atomic mass is 10.1. The summed E-state index contributed by atoms with van der Waals surface area (Å²) in [5.74, 6) is -1.84. The molecule has 0 bridgehead atoms. The van der Waals surface area contributed by atoms with Gasteiger partial charge in [0.1, 0.15) is 11.8 Å². The number of carbonyl (C=O) groups is 2. The van der Waals surface area contributed by atoms with Crippen molar-refractivity contribution in [2.45, 2.75) is 25.8 Å². The van der Waals surface area contributed by atoms with Crippen LogP contribution in [0, 0.1) is 6.92 Å². The number of carboxylic acid groups (broad SMARTS) is 1. The number of nitrogens with two attached hydrogens (primary N) is 1. The van der Waals surface area contributed by atoms with Crippen molar-refractivity contribution in [2.75, 3.05) is 25.6 Å². The van der Waals surface area contributed by atoms with Crippen LogP contribution in [0.3, 0.4) is 0 Å². The summed E-state index contributed by atoms with van der Waals surface area (Å²) in [6, 6.07) is 3.82. The van der Waals surface area contributed by atoms with E-state index in [4.69, 9.17) is 4.74 Å². The van der Waals surface area contributed by atoms with Crippen molar-refractivity contribution in [3.63, 3.8) is 0 Å². The first-order chi connectivity index (χ1) is 10.4. The van der Waals surface area contributed by atoms with Crippen molar-refractivity contribution < 1.29 is 29.9 Å². The minimum atomic E-state index is -1.29. The molecule has 1 aromatic rings. The molecule has 7 heteroatoms. The van der Waals surface area contributed by atoms with Gasteiger partial charge in [0.25, 0.3) is 0 Å². The maximum Gasteiger partial charge on any atom is 0.230 e. The molecular formula is C15H22N2O5. The molecule has 0 aliphatic carbocycles. The maximum absolute atomic E-state index is 11.9. The second-order valence-corrected chi connectivity index (χ2v) is 5.07. The number of hydrogen-bond acceptors (Lipinski definition) is 5. The molecule has 1 atom stereocenters. The monoisotopic (exact) mass is 310 g/mol. The number of phenols is 1. The number of carbonyl (C=O) groups excluding carboxylic acids is 2. The molecular weight excluding hydrogens is 288 g/mol. The van der Waals surface area contributed by atoms with E-state index in [1.54, 1.807) is 24.6 Å². The van der Waals surface area contributed by atoms with Gasteiger partial charge in [-0.25, -0.2) is 0 Å². The topological polar surface area (TPSA) is 115 Å². The molecule has 0 saturated carbocycles. The highest BCUT2D eigenvalue weighted by Gasteiger charge is 2.18. The summed E-state index contributed by atoms with van der Waals surface area (Å²) in [4.78, 5) is 23.0. The number of methoxy groups -OCH3 is 1. The predicted molar refractivity (Wildman–Crippen MR) is 78.2 cm³/mol. The molecule has 0 fully saturated rings. The van der Waals surface area contributed by atoms with Crippen LogP contribution in [0.2, 0.25) is 0 Å². The molecule has 22 heavy (non-hydrogen) atoms. The summed E-state index contributed by atoms with van der Waals surface area (Å²) in [7, 11) is 1.57. The van der Waals surface area contributed by atoms with Crippen molar-refractivity contribution in [2.24, 2.45) is 0 Å². The molecule has 4 N–H and O–H groups in total. The van der Waals surface area contributed by atoms with Crippen LogP contribution in [0.1, 0.15) is 18.4 Å². The Hall–Kier alpha value is -2.12. The van der Waals surface area contributed by atoms with Gasteiger partial charge >= 0.3 is 0 Å². The molecule has 1 amide bonds. The predicted octanol–water partition coefficient (Wildman–Crippen LogP) is -1.25. The molecule has 0 heterocycles. The number of aryl methyl sites for hydroxylation is 1. The molecule has 1 rings (SSSR count). The minimum absolute atomic E-state index is 0.0620. The number of hydrogen-bond donors (Lipinski definition) is 3. The highest BCUT2D eigenvalue weighted by Crippen LogP contribution is 2.23. The highest BCUT2D eigenvalue weighted by molar-refractivity contribution is 5.94. The minimum Gasteiger partial charge on any atom is -0.544 e. The van der Waals surface area contributed by atoms with E-state index >= 15 is 0 Å². The summed E-state index contributed by atoms with van der Waals surface area (Å²) in [6.07, 6.45) is 0.448. The van der Waals surface area contributed by atoms with Crippen molar-refractivity contribution in [3.8, 4) is 5.75 Å². The third kappa shape index (κ3) is 6.11. The fourth-order valence-corrected chi connectivity index (χ4v) is 1.96. The SMILES string of the molecule is COCCC[NH2+][C@@H](CC(=O)Nc1cc(C)ccc1O)C(=O)[O-]. The third-order valence-electron chi connectivity index (χ3n) is 3.14. The van der Waals surface area contributed by atoms with Crippen LogP contribution in [-0.4, -0.2) is 43.3 Å². The lowest BCUT2D eigenvalue weighted by Crippen LogP contribution is -2.93. The summed E-state index contributed by atoms with van der Waals surface area (Å²) in [6.45, 7) is 2.87. The van der Waals surface area contributed by atoms with E-state index in [1.165, 1.54) is 6.07 Å². The molecule has 0 aromatic heterocycles. The van der Waals surface area contributed by atoms with Crippen molar-refractivity contribution in [1.29, 1.82) is 0 Å². The molecule has 0 spiro atoms. The number of aliphatic carboxylic acids is 1. The Labute approximate surface area is 129 Å². The lowest BCUT2D eigenvalue weighted by Gasteiger charge is -2.16. The van der Waals surface area contributed by atoms with Gasteiger partial charge < -0.3 is 30.4 Å². The van der Waals surface area contributed by atoms with Gasteiger partial charge in [-0.15, -0.1) is 0 Å². The van der Waals surface area contributed by atoms with Crippen molar-refractivity contribution in [3.05, 3.63) is 23.8 Å². The number of nitrogens with one attached hydrogen (secondary N) is 1. The Morgan fingerprint density at radius 1 is 1.45 bits per heavy atom. The number of aromatic hydroxyl groups is 1. The summed E-state index contributed by atoms with van der Waals surface area (Å²) in [5, 5.41) is 24.8. The number of carboxylic acids is 1. The van der Waals surface area contributed by atoms with Gasteiger partial charge in [-0.1, -0.05) is 6.07 Å². The summed E-state index contributed by atoms with van der Waals surface area (Å²) in [5.41, 5.74) is 1.14. The Morgan fingerprint density at radius 2 is 2.18 bits per heavy atom. The van der Waals surface area contributed by atoms with E-state index in [1.807, 2.05) is 6.92 Å². The Bertz CT molecular complexity index is 519. The van der Waals surface area contributed by atoms with Gasteiger partial charge in [0.05, 0.1) is 31.2 Å². The Morgan fingerprint density at radius 3 is 2.82 bits per heavy atom. The largest absolute Gasteiger partial charge is 0.544 e. The van der Waals surface area contributed by atoms with Crippen LogP contribution >= 0.6 is 0 Å². The quantitative estimate of drug-likeness (QED) is 0.389. The van der Waals surface area contributed by atoms with Crippen molar-refractivity contribution in [1.82, 2.24) is 0 Å². The first kappa shape index (κ1) is 17.9. The molecule has 122 valence electrons. The van der Waals surface area contributed by atoms with Crippen molar-refractivity contribution >= 4 is 17.6 Å². The van der Waals surface area contributed by atoms with E-state index in [2.05, 4.69) is 5.32 Å². The number of phenolic OH excluding ortho intramolecular Hbond substituents is 1. The molecule has 0 unspecified atom stereocenters. The van der Waals surface area contributed by atoms with E-state index in [9.17, 15) is 19.8 Å². The van der Waals surface area contributed by atoms with Crippen LogP contribution in [0.25, 0.3) is 0 Å². The third-order valence-corrected chi connectivity index (χ3v) is 3.14. The standard InChI is InChI=1S/C15H22N2O5/c1-10-4-5-13(18)11(8-10)17-14(19)9-12(15(20)21)16-6-3-7-22-2/h4-5,8,12,16,18H,3,6-7,9H2,1-2H3,(H,17,19)(H,20,21)/t12-/m0/s1. The van der Waals surface area contributed by atoms with Gasteiger partial charge in [0.15, 0.2) is 0 Å². The summed E-state index contributed by atoms with van der Waals surface area (Å²) < 4.78 is 4.88. The van der Waals surface area contributed by atoms with Gasteiger partial charge in [0, 0.05) is 13.5 Å². The van der Waals surface area contributed by atoms with Crippen LogP contribution in [0.15, 0.2) is 18.2 Å². The number of benzene rings is 1. The fraction of sp³-hybridized carbons (Fsp3) is 0.467. The zero-order valence-electron chi connectivity index (χ0n) is 12.8. The van der Waals surface area contributed by atoms with E-state index < -0.39 is 17.9 Å². The number of amides is 1. The van der Waals surface area contributed by atoms with E-state index in [0.29, 0.717) is 19.6 Å². The molecule has 0 saturated heterocycles. The lowest BCUT2D eigenvalue weighted by molar-refractivity contribution is -0.682. The number of ether oxygens (including phenoxy) is 1. The molecule has 7 nitrogen and oxygen atoms in total. The van der Waals surface area contributed by atoms with Crippen LogP contribution < -0.4 is 15.7 Å². The fourth-order valence-electron chi connectivity index (χ4n) is 1.96. The van der Waals surface area contributed by atoms with Gasteiger partial charge in [0.2, 0.25) is 5.91 Å². The normalized spacial score (nSPS) is 11.9. The number of quaternary nitrogens is 1. The number of anilines is 1. The van der Waals surface area contributed by atoms with Gasteiger partial charge in [-0.2, -0.15) is 0 Å². The first-order valence-electron chi connectivity index (χ1n) is 7.06. The van der Waals surface area contributed by atoms with Gasteiger partial charge in [-0.05, 0) is 24.6 Å². The molecule has 0 radical (unpaired) electrons. The molecule has 0 aliphatic heterocycles. The first-order valence-corrected chi connectivity index (χ1v) is 7.06. The maximum atomic E-state index is 11.9. The average Bonchev–Trinajstić information content (AvgIpc) is 2.46. The van der Waals surface area contributed by atoms with E-state index in [0.717, 1.165) is 5.56 Å². The highest BCUT2D eigenvalue weighted by atomic mass is 16.5. The Kier molecular flexibility index (Phi) is 7.34. The Balaban J connectivity index is 2.56. The van der Waals surface area contributed by atoms with Crippen LogP contribution in [0.5, 0.6) is 5.75 Å². The zero-order chi connectivity index (χ0) is 16.5. The van der Waals surface area contributed by atoms with Crippen LogP contribution in [-0.2, 0) is 14.3 Å². The zero-order valence-corrected chi connectivity index (χ0v) is 12.8. The van der Waals surface area contributed by atoms with Gasteiger partial charge in [-0.3, -0.25) is 4.79 Å². The smallest absolute Gasteiger partial charge is 0.230 e. The second-order valence-electron chi connectivity index (χ2n) is 5.07. The number of rotatable bonds is 9. The summed E-state index contributed by atoms with van der Waals surface area (Å²) >= 11 is 0. The average molecular weight is 310 g/mol.